The molecule has 1 unspecified atom stereocenters. The van der Waals surface area contributed by atoms with Crippen LogP contribution < -0.4 is 0 Å². The molecule has 1 aromatic heterocycles. The first-order chi connectivity index (χ1) is 9.80. The number of aliphatic hydroxyl groups is 1. The minimum Gasteiger partial charge on any atom is -0.469 e. The number of carbonyl (C=O) groups is 1. The molecule has 0 amide bonds. The number of benzene rings is 1. The first-order valence-corrected chi connectivity index (χ1v) is 6.61. The predicted molar refractivity (Wildman–Crippen MR) is 77.4 cm³/mol. The molecular weight excluding hydrogens is 252 g/mol. The maximum absolute atomic E-state index is 11.8. The van der Waals surface area contributed by atoms with Gasteiger partial charge in [-0.15, -0.1) is 0 Å². The Labute approximate surface area is 118 Å². The highest BCUT2D eigenvalue weighted by Crippen LogP contribution is 2.31. The van der Waals surface area contributed by atoms with Crippen molar-refractivity contribution in [1.29, 1.82) is 0 Å². The largest absolute Gasteiger partial charge is 0.469 e. The number of carbonyl (C=O) groups excluding carboxylic acids is 1. The van der Waals surface area contributed by atoms with Crippen LogP contribution in [0, 0.1) is 0 Å². The van der Waals surface area contributed by atoms with Crippen molar-refractivity contribution >= 4 is 6.29 Å². The number of allylic oxidation sites excluding steroid dienone is 1. The molecular formula is C17H18O3. The van der Waals surface area contributed by atoms with Gasteiger partial charge >= 0.3 is 0 Å². The first kappa shape index (κ1) is 14.3. The molecule has 3 heteroatoms. The van der Waals surface area contributed by atoms with E-state index in [1.807, 2.05) is 48.5 Å². The fourth-order valence-corrected chi connectivity index (χ4v) is 2.31. The summed E-state index contributed by atoms with van der Waals surface area (Å²) in [6, 6.07) is 13.4. The average Bonchev–Trinajstić information content (AvgIpc) is 3.00. The SMILES string of the molecule is O=CC(C/C=C\CO)(Cc1ccco1)c1ccccc1. The second kappa shape index (κ2) is 6.87. The number of hydrogen-bond donors (Lipinski definition) is 1. The van der Waals surface area contributed by atoms with Crippen molar-refractivity contribution in [3.05, 3.63) is 72.2 Å². The Bertz CT molecular complexity index is 543. The molecule has 0 aliphatic rings. The monoisotopic (exact) mass is 270 g/mol. The number of rotatable bonds is 7. The molecule has 0 saturated heterocycles. The summed E-state index contributed by atoms with van der Waals surface area (Å²) in [4.78, 5) is 11.8. The molecule has 0 aliphatic heterocycles. The lowest BCUT2D eigenvalue weighted by Gasteiger charge is -2.26. The molecule has 104 valence electrons. The number of hydrogen-bond acceptors (Lipinski definition) is 3. The minimum atomic E-state index is -0.662. The van der Waals surface area contributed by atoms with Gasteiger partial charge in [0.05, 0.1) is 18.3 Å². The zero-order valence-electron chi connectivity index (χ0n) is 11.2. The average molecular weight is 270 g/mol. The Morgan fingerprint density at radius 3 is 2.50 bits per heavy atom. The Morgan fingerprint density at radius 1 is 1.10 bits per heavy atom. The van der Waals surface area contributed by atoms with Gasteiger partial charge in [0, 0.05) is 6.42 Å². The van der Waals surface area contributed by atoms with Crippen molar-refractivity contribution in [1.82, 2.24) is 0 Å². The van der Waals surface area contributed by atoms with Gasteiger partial charge in [-0.05, 0) is 24.1 Å². The molecule has 2 rings (SSSR count). The van der Waals surface area contributed by atoms with Gasteiger partial charge in [-0.3, -0.25) is 0 Å². The normalized spacial score (nSPS) is 14.2. The second-order valence-electron chi connectivity index (χ2n) is 4.75. The van der Waals surface area contributed by atoms with Crippen molar-refractivity contribution < 1.29 is 14.3 Å². The van der Waals surface area contributed by atoms with Crippen LogP contribution in [0.1, 0.15) is 17.7 Å². The molecule has 1 atom stereocenters. The number of aliphatic hydroxyl groups excluding tert-OH is 1. The van der Waals surface area contributed by atoms with Crippen molar-refractivity contribution in [3.8, 4) is 0 Å². The third-order valence-electron chi connectivity index (χ3n) is 3.40. The van der Waals surface area contributed by atoms with Gasteiger partial charge in [0.2, 0.25) is 0 Å². The smallest absolute Gasteiger partial charge is 0.131 e. The molecule has 0 fully saturated rings. The van der Waals surface area contributed by atoms with E-state index in [1.54, 1.807) is 12.3 Å². The lowest BCUT2D eigenvalue weighted by Crippen LogP contribution is -2.30. The summed E-state index contributed by atoms with van der Waals surface area (Å²) >= 11 is 0. The quantitative estimate of drug-likeness (QED) is 0.621. The van der Waals surface area contributed by atoms with Crippen LogP contribution in [0.15, 0.2) is 65.3 Å². The van der Waals surface area contributed by atoms with Crippen LogP contribution in [0.5, 0.6) is 0 Å². The van der Waals surface area contributed by atoms with Crippen LogP contribution in [0.3, 0.4) is 0 Å². The van der Waals surface area contributed by atoms with Crippen molar-refractivity contribution in [2.75, 3.05) is 6.61 Å². The van der Waals surface area contributed by atoms with Crippen molar-refractivity contribution in [2.45, 2.75) is 18.3 Å². The van der Waals surface area contributed by atoms with Gasteiger partial charge < -0.3 is 14.3 Å². The maximum Gasteiger partial charge on any atom is 0.131 e. The number of aldehydes is 1. The molecule has 0 aliphatic carbocycles. The molecule has 0 radical (unpaired) electrons. The summed E-state index contributed by atoms with van der Waals surface area (Å²) in [5.41, 5.74) is 0.291. The van der Waals surface area contributed by atoms with E-state index in [1.165, 1.54) is 0 Å². The van der Waals surface area contributed by atoms with E-state index < -0.39 is 5.41 Å². The molecule has 1 heterocycles. The number of furan rings is 1. The Hall–Kier alpha value is -2.13. The third kappa shape index (κ3) is 3.25. The zero-order chi connectivity index (χ0) is 14.3. The minimum absolute atomic E-state index is 0.0233. The summed E-state index contributed by atoms with van der Waals surface area (Å²) in [7, 11) is 0. The summed E-state index contributed by atoms with van der Waals surface area (Å²) in [5, 5.41) is 8.87. The van der Waals surface area contributed by atoms with Crippen LogP contribution in [-0.2, 0) is 16.6 Å². The Balaban J connectivity index is 2.34. The van der Waals surface area contributed by atoms with Crippen LogP contribution in [0.25, 0.3) is 0 Å². The van der Waals surface area contributed by atoms with Crippen LogP contribution in [0.4, 0.5) is 0 Å². The van der Waals surface area contributed by atoms with Gasteiger partial charge in [0.1, 0.15) is 12.0 Å². The van der Waals surface area contributed by atoms with E-state index in [0.29, 0.717) is 12.8 Å². The highest BCUT2D eigenvalue weighted by Gasteiger charge is 2.32. The fraction of sp³-hybridized carbons (Fsp3) is 0.235. The van der Waals surface area contributed by atoms with E-state index in [0.717, 1.165) is 17.6 Å². The molecule has 0 spiro atoms. The summed E-state index contributed by atoms with van der Waals surface area (Å²) in [5.74, 6) is 0.776. The Morgan fingerprint density at radius 2 is 1.90 bits per heavy atom. The van der Waals surface area contributed by atoms with Gasteiger partial charge in [-0.2, -0.15) is 0 Å². The van der Waals surface area contributed by atoms with E-state index in [2.05, 4.69) is 0 Å². The van der Waals surface area contributed by atoms with Gasteiger partial charge in [0.15, 0.2) is 0 Å². The van der Waals surface area contributed by atoms with Crippen molar-refractivity contribution in [3.63, 3.8) is 0 Å². The van der Waals surface area contributed by atoms with Crippen LogP contribution in [0.2, 0.25) is 0 Å². The third-order valence-corrected chi connectivity index (χ3v) is 3.40. The lowest BCUT2D eigenvalue weighted by atomic mass is 9.75. The molecule has 0 saturated carbocycles. The molecule has 20 heavy (non-hydrogen) atoms. The van der Waals surface area contributed by atoms with Crippen LogP contribution in [-0.4, -0.2) is 18.0 Å². The Kier molecular flexibility index (Phi) is 4.91. The summed E-state index contributed by atoms with van der Waals surface area (Å²) < 4.78 is 5.39. The predicted octanol–water partition coefficient (Wildman–Crippen LogP) is 2.90. The van der Waals surface area contributed by atoms with E-state index in [-0.39, 0.29) is 6.61 Å². The van der Waals surface area contributed by atoms with Gasteiger partial charge in [0.25, 0.3) is 0 Å². The van der Waals surface area contributed by atoms with Crippen LogP contribution >= 0.6 is 0 Å². The topological polar surface area (TPSA) is 50.4 Å². The highest BCUT2D eigenvalue weighted by molar-refractivity contribution is 5.69. The summed E-state index contributed by atoms with van der Waals surface area (Å²) in [6.45, 7) is -0.0233. The van der Waals surface area contributed by atoms with E-state index in [4.69, 9.17) is 9.52 Å². The van der Waals surface area contributed by atoms with Gasteiger partial charge in [-0.25, -0.2) is 0 Å². The first-order valence-electron chi connectivity index (χ1n) is 6.61. The fourth-order valence-electron chi connectivity index (χ4n) is 2.31. The van der Waals surface area contributed by atoms with Crippen molar-refractivity contribution in [2.24, 2.45) is 0 Å². The van der Waals surface area contributed by atoms with E-state index >= 15 is 0 Å². The van der Waals surface area contributed by atoms with Gasteiger partial charge in [-0.1, -0.05) is 42.5 Å². The second-order valence-corrected chi connectivity index (χ2v) is 4.75. The van der Waals surface area contributed by atoms with E-state index in [9.17, 15) is 4.79 Å². The lowest BCUT2D eigenvalue weighted by molar-refractivity contribution is -0.112. The summed E-state index contributed by atoms with van der Waals surface area (Å²) in [6.07, 6.45) is 7.12. The molecule has 1 aromatic carbocycles. The molecule has 1 N–H and O–H groups in total. The molecule has 2 aromatic rings. The molecule has 3 nitrogen and oxygen atoms in total. The highest BCUT2D eigenvalue weighted by atomic mass is 16.3. The standard InChI is InChI=1S/C17H18O3/c18-11-5-4-10-17(14-19,13-16-9-6-12-20-16)15-7-2-1-3-8-15/h1-9,12,14,18H,10-11,13H2/b5-4-. The molecule has 0 bridgehead atoms. The zero-order valence-corrected chi connectivity index (χ0v) is 11.2. The maximum atomic E-state index is 11.8.